The SMILES string of the molecule is Cl.O=C(O)c1ccnc(N2CCCCC2)c1. The van der Waals surface area contributed by atoms with Crippen molar-refractivity contribution in [3.05, 3.63) is 23.9 Å². The van der Waals surface area contributed by atoms with Gasteiger partial charge in [0.05, 0.1) is 5.56 Å². The molecular weight excluding hydrogens is 228 g/mol. The van der Waals surface area contributed by atoms with Gasteiger partial charge in [-0.1, -0.05) is 0 Å². The van der Waals surface area contributed by atoms with Crippen LogP contribution in [-0.2, 0) is 0 Å². The van der Waals surface area contributed by atoms with Gasteiger partial charge in [-0.05, 0) is 31.4 Å². The fourth-order valence-corrected chi connectivity index (χ4v) is 1.85. The summed E-state index contributed by atoms with van der Waals surface area (Å²) in [5, 5.41) is 8.86. The Bertz CT molecular complexity index is 365. The van der Waals surface area contributed by atoms with Crippen LogP contribution in [0.15, 0.2) is 18.3 Å². The third-order valence-corrected chi connectivity index (χ3v) is 2.67. The lowest BCUT2D eigenvalue weighted by Gasteiger charge is -2.27. The Hall–Kier alpha value is -1.29. The normalized spacial score (nSPS) is 15.4. The number of carboxylic acid groups (broad SMARTS) is 1. The first-order valence-electron chi connectivity index (χ1n) is 5.21. The highest BCUT2D eigenvalue weighted by Gasteiger charge is 2.13. The highest BCUT2D eigenvalue weighted by atomic mass is 35.5. The summed E-state index contributed by atoms with van der Waals surface area (Å²) in [5.74, 6) is -0.106. The molecule has 16 heavy (non-hydrogen) atoms. The van der Waals surface area contributed by atoms with Gasteiger partial charge in [-0.3, -0.25) is 0 Å². The van der Waals surface area contributed by atoms with Gasteiger partial charge in [-0.2, -0.15) is 0 Å². The molecule has 0 atom stereocenters. The number of aromatic nitrogens is 1. The van der Waals surface area contributed by atoms with E-state index >= 15 is 0 Å². The number of carboxylic acids is 1. The lowest BCUT2D eigenvalue weighted by atomic mass is 10.1. The van der Waals surface area contributed by atoms with Gasteiger partial charge in [0.15, 0.2) is 0 Å². The van der Waals surface area contributed by atoms with Crippen molar-refractivity contribution < 1.29 is 9.90 Å². The average Bonchev–Trinajstić information content (AvgIpc) is 2.30. The zero-order valence-electron chi connectivity index (χ0n) is 8.93. The predicted octanol–water partition coefficient (Wildman–Crippen LogP) is 2.19. The summed E-state index contributed by atoms with van der Waals surface area (Å²) in [4.78, 5) is 17.1. The lowest BCUT2D eigenvalue weighted by Crippen LogP contribution is -2.30. The monoisotopic (exact) mass is 242 g/mol. The van der Waals surface area contributed by atoms with Crippen molar-refractivity contribution in [3.8, 4) is 0 Å². The van der Waals surface area contributed by atoms with Gasteiger partial charge < -0.3 is 10.0 Å². The molecule has 0 bridgehead atoms. The highest BCUT2D eigenvalue weighted by molar-refractivity contribution is 5.88. The second-order valence-electron chi connectivity index (χ2n) is 3.76. The van der Waals surface area contributed by atoms with Crippen LogP contribution in [0.5, 0.6) is 0 Å². The zero-order chi connectivity index (χ0) is 10.7. The molecule has 1 aromatic rings. The van der Waals surface area contributed by atoms with E-state index in [4.69, 9.17) is 5.11 Å². The van der Waals surface area contributed by atoms with Crippen LogP contribution in [0, 0.1) is 0 Å². The number of anilines is 1. The number of pyridine rings is 1. The van der Waals surface area contributed by atoms with Crippen molar-refractivity contribution in [2.45, 2.75) is 19.3 Å². The molecule has 4 nitrogen and oxygen atoms in total. The van der Waals surface area contributed by atoms with E-state index in [0.717, 1.165) is 18.9 Å². The first kappa shape index (κ1) is 12.8. The van der Waals surface area contributed by atoms with E-state index in [9.17, 15) is 4.79 Å². The molecule has 0 aliphatic carbocycles. The maximum Gasteiger partial charge on any atom is 0.335 e. The fraction of sp³-hybridized carbons (Fsp3) is 0.455. The Morgan fingerprint density at radius 2 is 2.00 bits per heavy atom. The summed E-state index contributed by atoms with van der Waals surface area (Å²) in [6.07, 6.45) is 5.15. The zero-order valence-corrected chi connectivity index (χ0v) is 9.74. The van der Waals surface area contributed by atoms with Gasteiger partial charge in [0.2, 0.25) is 0 Å². The third kappa shape index (κ3) is 2.85. The molecule has 5 heteroatoms. The van der Waals surface area contributed by atoms with Crippen LogP contribution in [0.2, 0.25) is 0 Å². The molecule has 1 fully saturated rings. The number of hydrogen-bond donors (Lipinski definition) is 1. The molecular formula is C11H15ClN2O2. The van der Waals surface area contributed by atoms with Crippen molar-refractivity contribution in [1.29, 1.82) is 0 Å². The lowest BCUT2D eigenvalue weighted by molar-refractivity contribution is 0.0697. The van der Waals surface area contributed by atoms with Crippen LogP contribution < -0.4 is 4.90 Å². The smallest absolute Gasteiger partial charge is 0.335 e. The summed E-state index contributed by atoms with van der Waals surface area (Å²) >= 11 is 0. The second-order valence-corrected chi connectivity index (χ2v) is 3.76. The molecule has 1 aliphatic heterocycles. The summed E-state index contributed by atoms with van der Waals surface area (Å²) in [5.41, 5.74) is 0.311. The van der Waals surface area contributed by atoms with Gasteiger partial charge in [-0.25, -0.2) is 9.78 Å². The largest absolute Gasteiger partial charge is 0.478 e. The highest BCUT2D eigenvalue weighted by Crippen LogP contribution is 2.18. The van der Waals surface area contributed by atoms with E-state index < -0.39 is 5.97 Å². The fourth-order valence-electron chi connectivity index (χ4n) is 1.85. The Morgan fingerprint density at radius 3 is 2.62 bits per heavy atom. The number of carbonyl (C=O) groups is 1. The Labute approximate surface area is 101 Å². The van der Waals surface area contributed by atoms with Gasteiger partial charge in [0.25, 0.3) is 0 Å². The summed E-state index contributed by atoms with van der Waals surface area (Å²) < 4.78 is 0. The Kier molecular flexibility index (Phi) is 4.55. The van der Waals surface area contributed by atoms with E-state index in [2.05, 4.69) is 9.88 Å². The van der Waals surface area contributed by atoms with Gasteiger partial charge in [0.1, 0.15) is 5.82 Å². The predicted molar refractivity (Wildman–Crippen MR) is 64.5 cm³/mol. The number of nitrogens with zero attached hydrogens (tertiary/aromatic N) is 2. The number of rotatable bonds is 2. The minimum Gasteiger partial charge on any atom is -0.478 e. The molecule has 0 amide bonds. The first-order valence-corrected chi connectivity index (χ1v) is 5.21. The van der Waals surface area contributed by atoms with E-state index in [-0.39, 0.29) is 12.4 Å². The summed E-state index contributed by atoms with van der Waals surface area (Å²) in [6, 6.07) is 3.17. The minimum atomic E-state index is -0.893. The van der Waals surface area contributed by atoms with Crippen molar-refractivity contribution in [2.75, 3.05) is 18.0 Å². The van der Waals surface area contributed by atoms with Crippen molar-refractivity contribution in [1.82, 2.24) is 4.98 Å². The summed E-state index contributed by atoms with van der Waals surface area (Å²) in [7, 11) is 0. The molecule has 1 saturated heterocycles. The molecule has 0 spiro atoms. The van der Waals surface area contributed by atoms with Crippen molar-refractivity contribution in [3.63, 3.8) is 0 Å². The maximum atomic E-state index is 10.8. The average molecular weight is 243 g/mol. The molecule has 2 heterocycles. The molecule has 1 aromatic heterocycles. The maximum absolute atomic E-state index is 10.8. The van der Waals surface area contributed by atoms with Crippen LogP contribution >= 0.6 is 12.4 Å². The number of piperidine rings is 1. The topological polar surface area (TPSA) is 53.4 Å². The number of hydrogen-bond acceptors (Lipinski definition) is 3. The summed E-state index contributed by atoms with van der Waals surface area (Å²) in [6.45, 7) is 1.96. The molecule has 88 valence electrons. The van der Waals surface area contributed by atoms with Gasteiger partial charge in [-0.15, -0.1) is 12.4 Å². The Morgan fingerprint density at radius 1 is 1.31 bits per heavy atom. The molecule has 1 aliphatic rings. The van der Waals surface area contributed by atoms with Crippen LogP contribution in [-0.4, -0.2) is 29.1 Å². The molecule has 2 rings (SSSR count). The molecule has 0 saturated carbocycles. The second kappa shape index (κ2) is 5.70. The standard InChI is InChI=1S/C11H14N2O2.ClH/c14-11(15)9-4-5-12-10(8-9)13-6-2-1-3-7-13;/h4-5,8H,1-3,6-7H2,(H,14,15);1H. The van der Waals surface area contributed by atoms with Crippen molar-refractivity contribution >= 4 is 24.2 Å². The van der Waals surface area contributed by atoms with Crippen LogP contribution in [0.25, 0.3) is 0 Å². The quantitative estimate of drug-likeness (QED) is 0.864. The Balaban J connectivity index is 0.00000128. The van der Waals surface area contributed by atoms with E-state index in [1.807, 2.05) is 0 Å². The van der Waals surface area contributed by atoms with Gasteiger partial charge in [0, 0.05) is 19.3 Å². The molecule has 0 unspecified atom stereocenters. The molecule has 0 radical (unpaired) electrons. The third-order valence-electron chi connectivity index (χ3n) is 2.67. The molecule has 0 aromatic carbocycles. The number of halogens is 1. The van der Waals surface area contributed by atoms with Gasteiger partial charge >= 0.3 is 5.97 Å². The van der Waals surface area contributed by atoms with E-state index in [1.54, 1.807) is 12.3 Å². The van der Waals surface area contributed by atoms with E-state index in [0.29, 0.717) is 5.56 Å². The van der Waals surface area contributed by atoms with Crippen LogP contribution in [0.4, 0.5) is 5.82 Å². The first-order chi connectivity index (χ1) is 7.27. The van der Waals surface area contributed by atoms with E-state index in [1.165, 1.54) is 25.3 Å². The van der Waals surface area contributed by atoms with Crippen LogP contribution in [0.3, 0.4) is 0 Å². The molecule has 1 N–H and O–H groups in total. The minimum absolute atomic E-state index is 0. The van der Waals surface area contributed by atoms with Crippen LogP contribution in [0.1, 0.15) is 29.6 Å². The number of aromatic carboxylic acids is 1. The van der Waals surface area contributed by atoms with Crippen molar-refractivity contribution in [2.24, 2.45) is 0 Å².